The van der Waals surface area contributed by atoms with Crippen LogP contribution >= 0.6 is 0 Å². The number of phenolic OH excluding ortho intramolecular Hbond substituents is 1. The van der Waals surface area contributed by atoms with Crippen molar-refractivity contribution in [3.8, 4) is 11.5 Å². The Morgan fingerprint density at radius 3 is 2.70 bits per heavy atom. The van der Waals surface area contributed by atoms with E-state index in [4.69, 9.17) is 9.47 Å². The Bertz CT molecular complexity index is 1040. The lowest BCUT2D eigenvalue weighted by molar-refractivity contribution is -0.140. The average Bonchev–Trinajstić information content (AvgIpc) is 2.77. The fraction of sp³-hybridized carbons (Fsp3) is 0.481. The van der Waals surface area contributed by atoms with Crippen molar-refractivity contribution < 1.29 is 24.2 Å². The quantitative estimate of drug-likeness (QED) is 0.513. The molecule has 0 amide bonds. The summed E-state index contributed by atoms with van der Waals surface area (Å²) in [5.41, 5.74) is 3.17. The lowest BCUT2D eigenvalue weighted by atomic mass is 9.74. The van der Waals surface area contributed by atoms with E-state index < -0.39 is 5.97 Å². The first-order valence-electron chi connectivity index (χ1n) is 11.7. The molecule has 0 spiro atoms. The largest absolute Gasteiger partial charge is 0.504 e. The first-order valence-corrected chi connectivity index (χ1v) is 11.7. The number of phenols is 1. The van der Waals surface area contributed by atoms with Crippen molar-refractivity contribution in [2.75, 3.05) is 13.2 Å². The molecule has 0 radical (unpaired) electrons. The standard InChI is InChI=1S/C27H33NO5/c1-5-32-26(31)20-15-28-21(14-22(20)29)19-13-23(30)24(33-16-17-9-7-6-8-10-17)11-18(19)12-25(28)27(2,3)4/h6-7,9,11,13,15,21,25,30H,5,8,10,12,14,16H2,1-4H3. The summed E-state index contributed by atoms with van der Waals surface area (Å²) >= 11 is 0. The zero-order valence-electron chi connectivity index (χ0n) is 19.9. The van der Waals surface area contributed by atoms with E-state index in [0.29, 0.717) is 12.4 Å². The third-order valence-electron chi connectivity index (χ3n) is 6.68. The van der Waals surface area contributed by atoms with E-state index in [1.165, 1.54) is 5.57 Å². The summed E-state index contributed by atoms with van der Waals surface area (Å²) in [7, 11) is 0. The van der Waals surface area contributed by atoms with Gasteiger partial charge in [-0.1, -0.05) is 39.0 Å². The van der Waals surface area contributed by atoms with Gasteiger partial charge >= 0.3 is 5.97 Å². The number of carbonyl (C=O) groups is 2. The number of carbonyl (C=O) groups excluding carboxylic acids is 2. The van der Waals surface area contributed by atoms with Crippen molar-refractivity contribution in [3.63, 3.8) is 0 Å². The van der Waals surface area contributed by atoms with Crippen LogP contribution in [0.25, 0.3) is 0 Å². The summed E-state index contributed by atoms with van der Waals surface area (Å²) < 4.78 is 11.1. The zero-order valence-corrected chi connectivity index (χ0v) is 19.9. The number of esters is 1. The predicted octanol–water partition coefficient (Wildman–Crippen LogP) is 4.78. The molecule has 2 heterocycles. The number of rotatable bonds is 5. The molecule has 176 valence electrons. The van der Waals surface area contributed by atoms with Gasteiger partial charge in [-0.05, 0) is 60.4 Å². The third kappa shape index (κ3) is 4.70. The maximum absolute atomic E-state index is 12.9. The van der Waals surface area contributed by atoms with Gasteiger partial charge in [0.25, 0.3) is 0 Å². The SMILES string of the molecule is CCOC(=O)C1=CN2C(CC1=O)c1cc(O)c(OCC3=CC=CCC3)cc1CC2C(C)(C)C. The number of ether oxygens (including phenoxy) is 2. The van der Waals surface area contributed by atoms with E-state index in [1.54, 1.807) is 19.2 Å². The summed E-state index contributed by atoms with van der Waals surface area (Å²) in [4.78, 5) is 27.4. The number of nitrogens with zero attached hydrogens (tertiary/aromatic N) is 1. The molecular formula is C27H33NO5. The molecule has 0 saturated heterocycles. The Morgan fingerprint density at radius 2 is 2.03 bits per heavy atom. The molecule has 1 aromatic carbocycles. The molecule has 0 aromatic heterocycles. The molecule has 0 bridgehead atoms. The Hall–Kier alpha value is -3.02. The maximum atomic E-state index is 12.9. The Balaban J connectivity index is 1.68. The van der Waals surface area contributed by atoms with Crippen LogP contribution in [0.4, 0.5) is 0 Å². The number of Topliss-reactive ketones (excluding diaryl/α,β-unsaturated/α-hetero) is 1. The Labute approximate surface area is 195 Å². The number of allylic oxidation sites excluding steroid dienone is 3. The second-order valence-electron chi connectivity index (χ2n) is 10.0. The molecule has 0 saturated carbocycles. The van der Waals surface area contributed by atoms with Crippen LogP contribution in [-0.4, -0.2) is 41.0 Å². The van der Waals surface area contributed by atoms with Crippen LogP contribution in [0.15, 0.2) is 47.7 Å². The number of fused-ring (bicyclic) bond motifs is 3. The topological polar surface area (TPSA) is 76.1 Å². The van der Waals surface area contributed by atoms with E-state index in [2.05, 4.69) is 37.8 Å². The smallest absolute Gasteiger partial charge is 0.343 e. The number of hydrogen-bond donors (Lipinski definition) is 1. The number of aromatic hydroxyl groups is 1. The molecule has 6 heteroatoms. The van der Waals surface area contributed by atoms with E-state index in [-0.39, 0.29) is 47.6 Å². The lowest BCUT2D eigenvalue weighted by Crippen LogP contribution is -2.50. The normalized spacial score (nSPS) is 22.2. The highest BCUT2D eigenvalue weighted by Crippen LogP contribution is 2.47. The van der Waals surface area contributed by atoms with Crippen LogP contribution in [0.1, 0.15) is 64.1 Å². The summed E-state index contributed by atoms with van der Waals surface area (Å²) in [6, 6.07) is 3.48. The van der Waals surface area contributed by atoms with E-state index in [9.17, 15) is 14.7 Å². The van der Waals surface area contributed by atoms with Gasteiger partial charge in [-0.3, -0.25) is 4.79 Å². The number of benzene rings is 1. The minimum absolute atomic E-state index is 0.0658. The molecule has 6 nitrogen and oxygen atoms in total. The van der Waals surface area contributed by atoms with Crippen LogP contribution in [0, 0.1) is 5.41 Å². The van der Waals surface area contributed by atoms with Gasteiger partial charge in [-0.2, -0.15) is 0 Å². The lowest BCUT2D eigenvalue weighted by Gasteiger charge is -2.50. The van der Waals surface area contributed by atoms with E-state index >= 15 is 0 Å². The monoisotopic (exact) mass is 451 g/mol. The van der Waals surface area contributed by atoms with Gasteiger partial charge in [0, 0.05) is 18.7 Å². The summed E-state index contributed by atoms with van der Waals surface area (Å²) in [5.74, 6) is -0.261. The van der Waals surface area contributed by atoms with Gasteiger partial charge in [-0.15, -0.1) is 0 Å². The van der Waals surface area contributed by atoms with Crippen LogP contribution in [0.5, 0.6) is 11.5 Å². The zero-order chi connectivity index (χ0) is 23.8. The molecule has 3 aliphatic rings. The molecule has 33 heavy (non-hydrogen) atoms. The molecule has 0 fully saturated rings. The van der Waals surface area contributed by atoms with Crippen molar-refractivity contribution >= 4 is 11.8 Å². The maximum Gasteiger partial charge on any atom is 0.343 e. The molecule has 4 rings (SSSR count). The van der Waals surface area contributed by atoms with Gasteiger partial charge in [0.15, 0.2) is 17.3 Å². The van der Waals surface area contributed by atoms with Crippen LogP contribution in [0.2, 0.25) is 0 Å². The summed E-state index contributed by atoms with van der Waals surface area (Å²) in [5, 5.41) is 10.7. The first kappa shape index (κ1) is 23.1. The molecular weight excluding hydrogens is 418 g/mol. The summed E-state index contributed by atoms with van der Waals surface area (Å²) in [6.07, 6.45) is 10.8. The fourth-order valence-corrected chi connectivity index (χ4v) is 4.89. The van der Waals surface area contributed by atoms with Crippen LogP contribution in [0.3, 0.4) is 0 Å². The molecule has 2 unspecified atom stereocenters. The van der Waals surface area contributed by atoms with Crippen LogP contribution < -0.4 is 4.74 Å². The Morgan fingerprint density at radius 1 is 1.24 bits per heavy atom. The highest BCUT2D eigenvalue weighted by atomic mass is 16.5. The van der Waals surface area contributed by atoms with Crippen molar-refractivity contribution in [3.05, 3.63) is 58.8 Å². The summed E-state index contributed by atoms with van der Waals surface area (Å²) in [6.45, 7) is 8.88. The second kappa shape index (κ2) is 9.08. The van der Waals surface area contributed by atoms with E-state index in [0.717, 1.165) is 30.4 Å². The highest BCUT2D eigenvalue weighted by molar-refractivity contribution is 6.17. The van der Waals surface area contributed by atoms with Crippen LogP contribution in [-0.2, 0) is 20.7 Å². The van der Waals surface area contributed by atoms with Gasteiger partial charge < -0.3 is 19.5 Å². The number of hydrogen-bond acceptors (Lipinski definition) is 6. The van der Waals surface area contributed by atoms with E-state index in [1.807, 2.05) is 12.1 Å². The molecule has 1 N–H and O–H groups in total. The Kier molecular flexibility index (Phi) is 6.37. The molecule has 1 aliphatic carbocycles. The fourth-order valence-electron chi connectivity index (χ4n) is 4.89. The highest BCUT2D eigenvalue weighted by Gasteiger charge is 2.44. The predicted molar refractivity (Wildman–Crippen MR) is 126 cm³/mol. The average molecular weight is 452 g/mol. The third-order valence-corrected chi connectivity index (χ3v) is 6.68. The van der Waals surface area contributed by atoms with Crippen molar-refractivity contribution in [2.24, 2.45) is 5.41 Å². The van der Waals surface area contributed by atoms with Gasteiger partial charge in [0.1, 0.15) is 12.2 Å². The minimum Gasteiger partial charge on any atom is -0.504 e. The first-order chi connectivity index (χ1) is 15.7. The minimum atomic E-state index is -0.571. The van der Waals surface area contributed by atoms with Gasteiger partial charge in [-0.25, -0.2) is 4.79 Å². The van der Waals surface area contributed by atoms with Gasteiger partial charge in [0.05, 0.1) is 12.6 Å². The molecule has 2 aliphatic heterocycles. The molecule has 1 aromatic rings. The van der Waals surface area contributed by atoms with Crippen molar-refractivity contribution in [1.82, 2.24) is 4.90 Å². The molecule has 2 atom stereocenters. The number of ketones is 1. The van der Waals surface area contributed by atoms with Crippen molar-refractivity contribution in [1.29, 1.82) is 0 Å². The van der Waals surface area contributed by atoms with Crippen molar-refractivity contribution in [2.45, 2.75) is 65.5 Å². The second-order valence-corrected chi connectivity index (χ2v) is 10.0. The van der Waals surface area contributed by atoms with Gasteiger partial charge in [0.2, 0.25) is 0 Å².